The van der Waals surface area contributed by atoms with Gasteiger partial charge in [0, 0.05) is 18.8 Å². The van der Waals surface area contributed by atoms with Crippen molar-refractivity contribution >= 4 is 12.0 Å². The summed E-state index contributed by atoms with van der Waals surface area (Å²) in [6, 6.07) is 5.51. The molecule has 92 valence electrons. The number of amides is 1. The summed E-state index contributed by atoms with van der Waals surface area (Å²) >= 11 is 0. The third-order valence-corrected chi connectivity index (χ3v) is 2.34. The lowest BCUT2D eigenvalue weighted by molar-refractivity contribution is -0.116. The van der Waals surface area contributed by atoms with Crippen LogP contribution in [0.1, 0.15) is 25.5 Å². The molecule has 1 unspecified atom stereocenters. The molecular formula is C13H18N2O2. The van der Waals surface area contributed by atoms with Crippen LogP contribution in [-0.2, 0) is 4.79 Å². The van der Waals surface area contributed by atoms with Crippen molar-refractivity contribution in [1.82, 2.24) is 10.3 Å². The summed E-state index contributed by atoms with van der Waals surface area (Å²) in [5.41, 5.74) is 0.747. The van der Waals surface area contributed by atoms with E-state index < -0.39 is 0 Å². The fourth-order valence-corrected chi connectivity index (χ4v) is 1.26. The Morgan fingerprint density at radius 1 is 1.59 bits per heavy atom. The zero-order valence-electron chi connectivity index (χ0n) is 9.97. The number of nitrogens with one attached hydrogen (secondary N) is 1. The summed E-state index contributed by atoms with van der Waals surface area (Å²) in [4.78, 5) is 15.4. The molecule has 1 aromatic rings. The molecule has 1 amide bonds. The summed E-state index contributed by atoms with van der Waals surface area (Å²) < 4.78 is 0. The van der Waals surface area contributed by atoms with Crippen LogP contribution in [0.3, 0.4) is 0 Å². The molecule has 0 radical (unpaired) electrons. The van der Waals surface area contributed by atoms with Gasteiger partial charge in [0.05, 0.1) is 11.8 Å². The predicted octanol–water partition coefficient (Wildman–Crippen LogP) is 1.37. The lowest BCUT2D eigenvalue weighted by atomic mass is 10.2. The summed E-state index contributed by atoms with van der Waals surface area (Å²) in [7, 11) is 0. The van der Waals surface area contributed by atoms with Gasteiger partial charge in [-0.2, -0.15) is 0 Å². The van der Waals surface area contributed by atoms with Crippen molar-refractivity contribution in [3.63, 3.8) is 0 Å². The Labute approximate surface area is 101 Å². The number of aliphatic hydroxyl groups is 1. The first-order chi connectivity index (χ1) is 8.22. The Kier molecular flexibility index (Phi) is 5.96. The Bertz CT molecular complexity index is 363. The summed E-state index contributed by atoms with van der Waals surface area (Å²) in [6.45, 7) is 2.40. The maximum absolute atomic E-state index is 11.4. The molecule has 1 aromatic heterocycles. The highest BCUT2D eigenvalue weighted by Gasteiger charge is 2.01. The fourth-order valence-electron chi connectivity index (χ4n) is 1.26. The van der Waals surface area contributed by atoms with Gasteiger partial charge in [-0.25, -0.2) is 0 Å². The van der Waals surface area contributed by atoms with E-state index in [4.69, 9.17) is 0 Å². The monoisotopic (exact) mass is 234 g/mol. The van der Waals surface area contributed by atoms with Crippen molar-refractivity contribution in [3.05, 3.63) is 36.2 Å². The molecule has 0 aliphatic heterocycles. The van der Waals surface area contributed by atoms with E-state index in [1.165, 1.54) is 6.08 Å². The minimum Gasteiger partial charge on any atom is -0.393 e. The predicted molar refractivity (Wildman–Crippen MR) is 67.2 cm³/mol. The van der Waals surface area contributed by atoms with Gasteiger partial charge in [0.15, 0.2) is 0 Å². The molecule has 1 atom stereocenters. The van der Waals surface area contributed by atoms with Crippen LogP contribution in [0.2, 0.25) is 0 Å². The number of aromatic nitrogens is 1. The number of carbonyl (C=O) groups is 1. The van der Waals surface area contributed by atoms with E-state index in [0.29, 0.717) is 19.4 Å². The molecule has 4 nitrogen and oxygen atoms in total. The number of aliphatic hydroxyl groups excluding tert-OH is 1. The van der Waals surface area contributed by atoms with E-state index >= 15 is 0 Å². The molecule has 0 fully saturated rings. The topological polar surface area (TPSA) is 62.2 Å². The molecule has 0 saturated heterocycles. The van der Waals surface area contributed by atoms with Gasteiger partial charge in [-0.05, 0) is 31.1 Å². The Morgan fingerprint density at radius 3 is 3.06 bits per heavy atom. The molecule has 4 heteroatoms. The number of pyridine rings is 1. The Morgan fingerprint density at radius 2 is 2.41 bits per heavy atom. The van der Waals surface area contributed by atoms with Crippen molar-refractivity contribution in [2.24, 2.45) is 0 Å². The molecule has 1 rings (SSSR count). The smallest absolute Gasteiger partial charge is 0.244 e. The van der Waals surface area contributed by atoms with Gasteiger partial charge in [0.2, 0.25) is 5.91 Å². The van der Waals surface area contributed by atoms with E-state index in [1.807, 2.05) is 25.1 Å². The van der Waals surface area contributed by atoms with E-state index in [2.05, 4.69) is 10.3 Å². The summed E-state index contributed by atoms with van der Waals surface area (Å²) in [5, 5.41) is 12.0. The second-order valence-corrected chi connectivity index (χ2v) is 3.73. The van der Waals surface area contributed by atoms with Crippen LogP contribution in [0.5, 0.6) is 0 Å². The van der Waals surface area contributed by atoms with Crippen molar-refractivity contribution in [3.8, 4) is 0 Å². The Balaban J connectivity index is 2.28. The normalized spacial score (nSPS) is 12.6. The average molecular weight is 234 g/mol. The van der Waals surface area contributed by atoms with Gasteiger partial charge < -0.3 is 10.4 Å². The number of hydrogen-bond donors (Lipinski definition) is 2. The first-order valence-electron chi connectivity index (χ1n) is 5.77. The average Bonchev–Trinajstić information content (AvgIpc) is 2.37. The van der Waals surface area contributed by atoms with Gasteiger partial charge in [-0.1, -0.05) is 13.0 Å². The van der Waals surface area contributed by atoms with Crippen LogP contribution in [0.4, 0.5) is 0 Å². The van der Waals surface area contributed by atoms with Crippen LogP contribution >= 0.6 is 0 Å². The molecule has 0 aliphatic carbocycles. The largest absolute Gasteiger partial charge is 0.393 e. The second-order valence-electron chi connectivity index (χ2n) is 3.73. The van der Waals surface area contributed by atoms with Crippen molar-refractivity contribution in [2.75, 3.05) is 6.54 Å². The SMILES string of the molecule is CCC(O)CCNC(=O)/C=C/c1ccccn1. The molecule has 2 N–H and O–H groups in total. The van der Waals surface area contributed by atoms with Gasteiger partial charge in [-0.15, -0.1) is 0 Å². The number of carbonyl (C=O) groups excluding carboxylic acids is 1. The second kappa shape index (κ2) is 7.57. The highest BCUT2D eigenvalue weighted by atomic mass is 16.3. The minimum atomic E-state index is -0.338. The van der Waals surface area contributed by atoms with Gasteiger partial charge in [0.25, 0.3) is 0 Å². The highest BCUT2D eigenvalue weighted by Crippen LogP contribution is 1.96. The zero-order valence-corrected chi connectivity index (χ0v) is 9.97. The van der Waals surface area contributed by atoms with E-state index in [0.717, 1.165) is 5.69 Å². The minimum absolute atomic E-state index is 0.168. The standard InChI is InChI=1S/C13H18N2O2/c1-2-12(16)8-10-15-13(17)7-6-11-5-3-4-9-14-11/h3-7,9,12,16H,2,8,10H2,1H3,(H,15,17)/b7-6+. The van der Waals surface area contributed by atoms with Crippen molar-refractivity contribution in [1.29, 1.82) is 0 Å². The molecular weight excluding hydrogens is 216 g/mol. The highest BCUT2D eigenvalue weighted by molar-refractivity contribution is 5.91. The van der Waals surface area contributed by atoms with Gasteiger partial charge >= 0.3 is 0 Å². The van der Waals surface area contributed by atoms with Crippen LogP contribution in [0.15, 0.2) is 30.5 Å². The first-order valence-corrected chi connectivity index (χ1v) is 5.77. The van der Waals surface area contributed by atoms with E-state index in [9.17, 15) is 9.90 Å². The lowest BCUT2D eigenvalue weighted by Crippen LogP contribution is -2.25. The Hall–Kier alpha value is -1.68. The number of hydrogen-bond acceptors (Lipinski definition) is 3. The third kappa shape index (κ3) is 5.82. The molecule has 0 spiro atoms. The molecule has 0 saturated carbocycles. The maximum Gasteiger partial charge on any atom is 0.244 e. The number of rotatable bonds is 6. The lowest BCUT2D eigenvalue weighted by Gasteiger charge is -2.06. The van der Waals surface area contributed by atoms with Gasteiger partial charge in [-0.3, -0.25) is 9.78 Å². The fraction of sp³-hybridized carbons (Fsp3) is 0.385. The number of nitrogens with zero attached hydrogens (tertiary/aromatic N) is 1. The molecule has 0 aliphatic rings. The van der Waals surface area contributed by atoms with E-state index in [1.54, 1.807) is 12.3 Å². The molecule has 0 aromatic carbocycles. The third-order valence-electron chi connectivity index (χ3n) is 2.34. The van der Waals surface area contributed by atoms with Crippen molar-refractivity contribution in [2.45, 2.75) is 25.9 Å². The molecule has 17 heavy (non-hydrogen) atoms. The quantitative estimate of drug-likeness (QED) is 0.731. The van der Waals surface area contributed by atoms with Crippen LogP contribution < -0.4 is 5.32 Å². The van der Waals surface area contributed by atoms with E-state index in [-0.39, 0.29) is 12.0 Å². The van der Waals surface area contributed by atoms with Gasteiger partial charge in [0.1, 0.15) is 0 Å². The molecule has 0 bridgehead atoms. The molecule has 1 heterocycles. The summed E-state index contributed by atoms with van der Waals surface area (Å²) in [6.07, 6.45) is 5.73. The summed E-state index contributed by atoms with van der Waals surface area (Å²) in [5.74, 6) is -0.168. The van der Waals surface area contributed by atoms with Crippen LogP contribution in [0, 0.1) is 0 Å². The maximum atomic E-state index is 11.4. The van der Waals surface area contributed by atoms with Crippen molar-refractivity contribution < 1.29 is 9.90 Å². The van der Waals surface area contributed by atoms with Crippen LogP contribution in [0.25, 0.3) is 6.08 Å². The first kappa shape index (κ1) is 13.4. The zero-order chi connectivity index (χ0) is 12.5. The van der Waals surface area contributed by atoms with Crippen LogP contribution in [-0.4, -0.2) is 28.6 Å².